The minimum absolute atomic E-state index is 0.111. The molecule has 3 rings (SSSR count). The predicted octanol–water partition coefficient (Wildman–Crippen LogP) is 8.11. The van der Waals surface area contributed by atoms with Crippen LogP contribution in [0, 0.1) is 23.7 Å². The van der Waals surface area contributed by atoms with Gasteiger partial charge in [-0.15, -0.1) is 0 Å². The van der Waals surface area contributed by atoms with Gasteiger partial charge in [-0.2, -0.15) is 26.3 Å². The number of alkyl halides is 7. The fourth-order valence-corrected chi connectivity index (χ4v) is 5.56. The monoisotopic (exact) mass is 470 g/mol. The van der Waals surface area contributed by atoms with Crippen molar-refractivity contribution in [2.45, 2.75) is 95.2 Å². The van der Waals surface area contributed by atoms with Crippen LogP contribution in [0.15, 0.2) is 23.8 Å². The number of allylic oxidation sites excluding steroid dienone is 2. The van der Waals surface area contributed by atoms with Crippen LogP contribution in [0.25, 0.3) is 0 Å². The summed E-state index contributed by atoms with van der Waals surface area (Å²) in [5, 5.41) is 0. The maximum Gasteiger partial charge on any atom is 0.426 e. The van der Waals surface area contributed by atoms with E-state index in [-0.39, 0.29) is 12.3 Å². The topological polar surface area (TPSA) is 9.23 Å². The van der Waals surface area contributed by atoms with Crippen LogP contribution < -0.4 is 0 Å². The molecule has 0 spiro atoms. The van der Waals surface area contributed by atoms with Crippen molar-refractivity contribution < 1.29 is 35.5 Å². The zero-order valence-electron chi connectivity index (χ0n) is 18.5. The van der Waals surface area contributed by atoms with Crippen molar-refractivity contribution >= 4 is 0 Å². The average molecular weight is 471 g/mol. The second kappa shape index (κ2) is 10.1. The van der Waals surface area contributed by atoms with Crippen LogP contribution >= 0.6 is 0 Å². The van der Waals surface area contributed by atoms with Gasteiger partial charge in [0.25, 0.3) is 0 Å². The second-order valence-corrected chi connectivity index (χ2v) is 9.69. The number of halogens is 7. The first-order chi connectivity index (χ1) is 15.0. The molecule has 3 aliphatic rings. The lowest BCUT2D eigenvalue weighted by molar-refractivity contribution is -0.405. The van der Waals surface area contributed by atoms with Crippen LogP contribution in [0.4, 0.5) is 30.7 Å². The molecule has 8 heteroatoms. The summed E-state index contributed by atoms with van der Waals surface area (Å²) in [6, 6.07) is 0. The van der Waals surface area contributed by atoms with Crippen LogP contribution in [0.1, 0.15) is 71.1 Å². The van der Waals surface area contributed by atoms with Gasteiger partial charge in [0.2, 0.25) is 0 Å². The Morgan fingerprint density at radius 3 is 1.91 bits per heavy atom. The molecular weight excluding hydrogens is 437 g/mol. The SMILES string of the molecule is CC[C@H]1CC[C@H](C2CCC(C3=CCC(OC(F)(F)C(F)(F)C(F)(F)CF)C=C3)CC2)CC1. The molecule has 2 saturated carbocycles. The van der Waals surface area contributed by atoms with Gasteiger partial charge < -0.3 is 4.74 Å². The van der Waals surface area contributed by atoms with Crippen molar-refractivity contribution in [2.75, 3.05) is 6.67 Å². The van der Waals surface area contributed by atoms with E-state index in [4.69, 9.17) is 0 Å². The number of hydrogen-bond donors (Lipinski definition) is 0. The van der Waals surface area contributed by atoms with Crippen molar-refractivity contribution in [3.8, 4) is 0 Å². The molecule has 0 N–H and O–H groups in total. The van der Waals surface area contributed by atoms with Gasteiger partial charge in [-0.25, -0.2) is 4.39 Å². The van der Waals surface area contributed by atoms with E-state index in [9.17, 15) is 30.7 Å². The summed E-state index contributed by atoms with van der Waals surface area (Å²) in [7, 11) is 0. The number of hydrogen-bond acceptors (Lipinski definition) is 1. The number of rotatable bonds is 8. The van der Waals surface area contributed by atoms with Crippen LogP contribution in [0.2, 0.25) is 0 Å². The van der Waals surface area contributed by atoms with Crippen LogP contribution in [-0.2, 0) is 4.74 Å². The Labute approximate surface area is 185 Å². The smallest absolute Gasteiger partial charge is 0.308 e. The van der Waals surface area contributed by atoms with Crippen molar-refractivity contribution in [3.05, 3.63) is 23.8 Å². The molecule has 32 heavy (non-hydrogen) atoms. The third-order valence-corrected chi connectivity index (χ3v) is 7.76. The van der Waals surface area contributed by atoms with E-state index in [0.717, 1.165) is 49.0 Å². The fraction of sp³-hybridized carbons (Fsp3) is 0.833. The van der Waals surface area contributed by atoms with Crippen LogP contribution in [0.3, 0.4) is 0 Å². The van der Waals surface area contributed by atoms with E-state index < -0.39 is 30.7 Å². The first-order valence-electron chi connectivity index (χ1n) is 11.8. The van der Waals surface area contributed by atoms with E-state index in [1.807, 2.05) is 0 Å². The number of ether oxygens (including phenoxy) is 1. The molecule has 0 amide bonds. The molecule has 0 aromatic carbocycles. The molecule has 0 radical (unpaired) electrons. The summed E-state index contributed by atoms with van der Waals surface area (Å²) in [4.78, 5) is 0. The third kappa shape index (κ3) is 5.36. The van der Waals surface area contributed by atoms with Crippen LogP contribution in [-0.4, -0.2) is 30.7 Å². The summed E-state index contributed by atoms with van der Waals surface area (Å²) in [6.45, 7) is -0.643. The molecule has 184 valence electrons. The highest BCUT2D eigenvalue weighted by atomic mass is 19.4. The zero-order valence-corrected chi connectivity index (χ0v) is 18.5. The molecule has 0 saturated heterocycles. The Hall–Kier alpha value is -1.05. The highest BCUT2D eigenvalue weighted by Crippen LogP contribution is 2.48. The Morgan fingerprint density at radius 1 is 0.875 bits per heavy atom. The van der Waals surface area contributed by atoms with Crippen molar-refractivity contribution in [1.82, 2.24) is 0 Å². The van der Waals surface area contributed by atoms with Gasteiger partial charge >= 0.3 is 18.0 Å². The highest BCUT2D eigenvalue weighted by Gasteiger charge is 2.73. The maximum absolute atomic E-state index is 13.7. The lowest BCUT2D eigenvalue weighted by Crippen LogP contribution is -2.57. The molecule has 0 aromatic rings. The first-order valence-corrected chi connectivity index (χ1v) is 11.8. The molecule has 1 atom stereocenters. The minimum atomic E-state index is -5.94. The Bertz CT molecular complexity index is 672. The minimum Gasteiger partial charge on any atom is -0.308 e. The first kappa shape index (κ1) is 25.6. The standard InChI is InChI=1S/C24H33F7O/c1-2-16-3-5-17(6-4-16)18-7-9-19(10-8-18)20-11-13-21(14-12-20)32-24(30,31)23(28,29)22(26,27)15-25/h11-13,16-19,21H,2-10,14-15H2,1H3/t16-,17-,18?,19?,21?. The molecule has 0 heterocycles. The average Bonchev–Trinajstić information content (AvgIpc) is 2.79. The summed E-state index contributed by atoms with van der Waals surface area (Å²) in [5.41, 5.74) is 0.960. The maximum atomic E-state index is 13.7. The van der Waals surface area contributed by atoms with Gasteiger partial charge in [-0.3, -0.25) is 0 Å². The Balaban J connectivity index is 1.49. The Kier molecular flexibility index (Phi) is 8.04. The van der Waals surface area contributed by atoms with Gasteiger partial charge in [0.15, 0.2) is 6.67 Å². The van der Waals surface area contributed by atoms with Crippen LogP contribution in [0.5, 0.6) is 0 Å². The molecule has 2 fully saturated rings. The van der Waals surface area contributed by atoms with Crippen molar-refractivity contribution in [2.24, 2.45) is 23.7 Å². The molecule has 1 nitrogen and oxygen atoms in total. The van der Waals surface area contributed by atoms with E-state index >= 15 is 0 Å². The summed E-state index contributed by atoms with van der Waals surface area (Å²) >= 11 is 0. The zero-order chi connectivity index (χ0) is 23.6. The van der Waals surface area contributed by atoms with Gasteiger partial charge in [0, 0.05) is 0 Å². The molecule has 1 unspecified atom stereocenters. The molecule has 3 aliphatic carbocycles. The van der Waals surface area contributed by atoms with Crippen molar-refractivity contribution in [3.63, 3.8) is 0 Å². The highest BCUT2D eigenvalue weighted by molar-refractivity contribution is 5.27. The summed E-state index contributed by atoms with van der Waals surface area (Å²) < 4.78 is 96.4. The lowest BCUT2D eigenvalue weighted by atomic mass is 9.68. The molecule has 0 aromatic heterocycles. The quantitative estimate of drug-likeness (QED) is 0.326. The van der Waals surface area contributed by atoms with Gasteiger partial charge in [-0.05, 0) is 74.2 Å². The van der Waals surface area contributed by atoms with E-state index in [2.05, 4.69) is 11.7 Å². The largest absolute Gasteiger partial charge is 0.426 e. The van der Waals surface area contributed by atoms with Gasteiger partial charge in [0.1, 0.15) is 0 Å². The van der Waals surface area contributed by atoms with E-state index in [1.54, 1.807) is 12.2 Å². The third-order valence-electron chi connectivity index (χ3n) is 7.76. The predicted molar refractivity (Wildman–Crippen MR) is 109 cm³/mol. The van der Waals surface area contributed by atoms with Gasteiger partial charge in [0.05, 0.1) is 6.10 Å². The molecule has 0 aliphatic heterocycles. The van der Waals surface area contributed by atoms with Gasteiger partial charge in [-0.1, -0.05) is 44.4 Å². The normalized spacial score (nSPS) is 32.6. The summed E-state index contributed by atoms with van der Waals surface area (Å²) in [6.07, 6.45) is 8.12. The Morgan fingerprint density at radius 2 is 1.44 bits per heavy atom. The molecular formula is C24H33F7O. The fourth-order valence-electron chi connectivity index (χ4n) is 5.56. The second-order valence-electron chi connectivity index (χ2n) is 9.69. The van der Waals surface area contributed by atoms with E-state index in [0.29, 0.717) is 0 Å². The van der Waals surface area contributed by atoms with E-state index in [1.165, 1.54) is 38.2 Å². The molecule has 0 bridgehead atoms. The summed E-state index contributed by atoms with van der Waals surface area (Å²) in [5.74, 6) is -8.78. The lowest BCUT2D eigenvalue weighted by Gasteiger charge is -2.38. The van der Waals surface area contributed by atoms with Crippen molar-refractivity contribution in [1.29, 1.82) is 0 Å².